The molecule has 1 saturated heterocycles. The van der Waals surface area contributed by atoms with Crippen LogP contribution in [0.1, 0.15) is 5.56 Å². The molecule has 1 aliphatic heterocycles. The van der Waals surface area contributed by atoms with Crippen molar-refractivity contribution >= 4 is 5.91 Å². The molecule has 0 bridgehead atoms. The second kappa shape index (κ2) is 4.42. The number of rotatable bonds is 3. The predicted octanol–water partition coefficient (Wildman–Crippen LogP) is -0.364. The molecule has 0 radical (unpaired) electrons. The number of aliphatic hydroxyl groups is 1. The molecule has 1 aromatic carbocycles. The van der Waals surface area contributed by atoms with Gasteiger partial charge >= 0.3 is 0 Å². The van der Waals surface area contributed by atoms with Crippen LogP contribution in [0.2, 0.25) is 0 Å². The van der Waals surface area contributed by atoms with Gasteiger partial charge in [0.2, 0.25) is 5.91 Å². The summed E-state index contributed by atoms with van der Waals surface area (Å²) in [6, 6.07) is 9.31. The first kappa shape index (κ1) is 10.1. The fourth-order valence-electron chi connectivity index (χ4n) is 1.66. The van der Waals surface area contributed by atoms with E-state index in [-0.39, 0.29) is 5.91 Å². The molecule has 15 heavy (non-hydrogen) atoms. The molecule has 1 heterocycles. The topological polar surface area (TPSA) is 61.4 Å². The van der Waals surface area contributed by atoms with Crippen molar-refractivity contribution in [2.45, 2.75) is 18.7 Å². The van der Waals surface area contributed by atoms with Crippen molar-refractivity contribution in [1.29, 1.82) is 0 Å². The highest BCUT2D eigenvalue weighted by molar-refractivity contribution is 5.84. The van der Waals surface area contributed by atoms with Crippen molar-refractivity contribution in [3.63, 3.8) is 0 Å². The largest absolute Gasteiger partial charge is 0.389 e. The third kappa shape index (κ3) is 2.34. The molecule has 0 unspecified atom stereocenters. The van der Waals surface area contributed by atoms with E-state index in [0.717, 1.165) is 5.56 Å². The van der Waals surface area contributed by atoms with Crippen LogP contribution in [-0.2, 0) is 11.3 Å². The van der Waals surface area contributed by atoms with E-state index in [1.165, 1.54) is 0 Å². The Hall–Kier alpha value is -1.39. The highest BCUT2D eigenvalue weighted by Gasteiger charge is 2.32. The monoisotopic (exact) mass is 206 g/mol. The van der Waals surface area contributed by atoms with Gasteiger partial charge in [-0.25, -0.2) is 0 Å². The second-order valence-corrected chi connectivity index (χ2v) is 3.66. The van der Waals surface area contributed by atoms with Crippen LogP contribution in [0, 0.1) is 0 Å². The van der Waals surface area contributed by atoms with Crippen LogP contribution in [0.15, 0.2) is 30.3 Å². The number of carbonyl (C=O) groups is 1. The maximum Gasteiger partial charge on any atom is 0.239 e. The molecular formula is C11H14N2O2. The van der Waals surface area contributed by atoms with Gasteiger partial charge in [0.1, 0.15) is 6.04 Å². The summed E-state index contributed by atoms with van der Waals surface area (Å²) in [7, 11) is 0. The zero-order chi connectivity index (χ0) is 10.7. The molecule has 1 fully saturated rings. The summed E-state index contributed by atoms with van der Waals surface area (Å²) in [6.07, 6.45) is -0.624. The van der Waals surface area contributed by atoms with E-state index < -0.39 is 12.1 Å². The number of nitrogens with one attached hydrogen (secondary N) is 2. The third-order valence-corrected chi connectivity index (χ3v) is 2.52. The van der Waals surface area contributed by atoms with E-state index in [4.69, 9.17) is 0 Å². The van der Waals surface area contributed by atoms with Gasteiger partial charge in [-0.2, -0.15) is 0 Å². The number of β-amino-alcohol motifs (C(OH)–C–C–N with tert-alkyl or cyclic N) is 1. The van der Waals surface area contributed by atoms with Crippen molar-refractivity contribution in [1.82, 2.24) is 10.6 Å². The van der Waals surface area contributed by atoms with Crippen LogP contribution in [0.5, 0.6) is 0 Å². The first-order valence-electron chi connectivity index (χ1n) is 5.00. The number of benzene rings is 1. The van der Waals surface area contributed by atoms with Gasteiger partial charge in [-0.3, -0.25) is 10.1 Å². The summed E-state index contributed by atoms with van der Waals surface area (Å²) in [5, 5.41) is 15.1. The Morgan fingerprint density at radius 3 is 2.73 bits per heavy atom. The molecule has 2 atom stereocenters. The zero-order valence-corrected chi connectivity index (χ0v) is 8.31. The van der Waals surface area contributed by atoms with Gasteiger partial charge < -0.3 is 10.4 Å². The van der Waals surface area contributed by atoms with Crippen LogP contribution in [0.3, 0.4) is 0 Å². The third-order valence-electron chi connectivity index (χ3n) is 2.52. The number of hydrogen-bond acceptors (Lipinski definition) is 3. The molecule has 80 valence electrons. The summed E-state index contributed by atoms with van der Waals surface area (Å²) in [5.41, 5.74) is 1.10. The maximum absolute atomic E-state index is 11.3. The minimum absolute atomic E-state index is 0.126. The number of hydrogen-bond donors (Lipinski definition) is 3. The molecule has 3 N–H and O–H groups in total. The molecule has 0 aromatic heterocycles. The Bertz CT molecular complexity index is 340. The summed E-state index contributed by atoms with van der Waals surface area (Å²) in [5.74, 6) is -0.126. The van der Waals surface area contributed by atoms with Crippen molar-refractivity contribution in [3.05, 3.63) is 35.9 Å². The predicted molar refractivity (Wildman–Crippen MR) is 56.1 cm³/mol. The lowest BCUT2D eigenvalue weighted by atomic mass is 10.1. The van der Waals surface area contributed by atoms with E-state index in [0.29, 0.717) is 13.1 Å². The summed E-state index contributed by atoms with van der Waals surface area (Å²) >= 11 is 0. The highest BCUT2D eigenvalue weighted by atomic mass is 16.3. The molecule has 4 heteroatoms. The van der Waals surface area contributed by atoms with E-state index in [2.05, 4.69) is 10.6 Å². The lowest BCUT2D eigenvalue weighted by molar-refractivity contribution is -0.121. The van der Waals surface area contributed by atoms with Gasteiger partial charge in [-0.15, -0.1) is 0 Å². The molecule has 2 rings (SSSR count). The highest BCUT2D eigenvalue weighted by Crippen LogP contribution is 2.04. The number of aliphatic hydroxyl groups excluding tert-OH is 1. The van der Waals surface area contributed by atoms with E-state index in [1.54, 1.807) is 0 Å². The molecule has 0 spiro atoms. The fraction of sp³-hybridized carbons (Fsp3) is 0.364. The summed E-state index contributed by atoms with van der Waals surface area (Å²) in [4.78, 5) is 11.3. The molecule has 1 aromatic rings. The van der Waals surface area contributed by atoms with Gasteiger partial charge in [-0.1, -0.05) is 30.3 Å². The molecule has 4 nitrogen and oxygen atoms in total. The average molecular weight is 206 g/mol. The van der Waals surface area contributed by atoms with Crippen LogP contribution in [0.25, 0.3) is 0 Å². The summed E-state index contributed by atoms with van der Waals surface area (Å²) in [6.45, 7) is 0.932. The van der Waals surface area contributed by atoms with Gasteiger partial charge in [0.15, 0.2) is 0 Å². The van der Waals surface area contributed by atoms with Crippen molar-refractivity contribution in [2.24, 2.45) is 0 Å². The second-order valence-electron chi connectivity index (χ2n) is 3.66. The Balaban J connectivity index is 1.91. The SMILES string of the molecule is O=C1NC[C@H](O)[C@H]1NCc1ccccc1. The van der Waals surface area contributed by atoms with Crippen LogP contribution in [-0.4, -0.2) is 29.7 Å². The number of carbonyl (C=O) groups excluding carboxylic acids is 1. The lowest BCUT2D eigenvalue weighted by Gasteiger charge is -2.13. The first-order chi connectivity index (χ1) is 7.27. The van der Waals surface area contributed by atoms with Crippen LogP contribution in [0.4, 0.5) is 0 Å². The Labute approximate surface area is 88.3 Å². The Morgan fingerprint density at radius 2 is 2.13 bits per heavy atom. The Morgan fingerprint density at radius 1 is 1.40 bits per heavy atom. The molecule has 1 aliphatic rings. The quantitative estimate of drug-likeness (QED) is 0.632. The van der Waals surface area contributed by atoms with Crippen LogP contribution < -0.4 is 10.6 Å². The minimum Gasteiger partial charge on any atom is -0.389 e. The van der Waals surface area contributed by atoms with E-state index >= 15 is 0 Å². The Kier molecular flexibility index (Phi) is 2.99. The molecule has 0 saturated carbocycles. The molecule has 1 amide bonds. The number of amides is 1. The van der Waals surface area contributed by atoms with Gasteiger partial charge in [0, 0.05) is 13.1 Å². The van der Waals surface area contributed by atoms with E-state index in [1.807, 2.05) is 30.3 Å². The van der Waals surface area contributed by atoms with Crippen LogP contribution >= 0.6 is 0 Å². The van der Waals surface area contributed by atoms with Gasteiger partial charge in [-0.05, 0) is 5.56 Å². The van der Waals surface area contributed by atoms with Crippen molar-refractivity contribution < 1.29 is 9.90 Å². The summed E-state index contributed by atoms with van der Waals surface area (Å²) < 4.78 is 0. The smallest absolute Gasteiger partial charge is 0.239 e. The van der Waals surface area contributed by atoms with Gasteiger partial charge in [0.05, 0.1) is 6.10 Å². The molecular weight excluding hydrogens is 192 g/mol. The normalized spacial score (nSPS) is 25.3. The fourth-order valence-corrected chi connectivity index (χ4v) is 1.66. The van der Waals surface area contributed by atoms with E-state index in [9.17, 15) is 9.90 Å². The van der Waals surface area contributed by atoms with Crippen molar-refractivity contribution in [2.75, 3.05) is 6.54 Å². The van der Waals surface area contributed by atoms with Crippen molar-refractivity contribution in [3.8, 4) is 0 Å². The average Bonchev–Trinajstić information content (AvgIpc) is 2.58. The zero-order valence-electron chi connectivity index (χ0n) is 8.31. The van der Waals surface area contributed by atoms with Gasteiger partial charge in [0.25, 0.3) is 0 Å². The lowest BCUT2D eigenvalue weighted by Crippen LogP contribution is -2.41. The molecule has 0 aliphatic carbocycles. The maximum atomic E-state index is 11.3. The standard InChI is InChI=1S/C11H14N2O2/c14-9-7-13-11(15)10(9)12-6-8-4-2-1-3-5-8/h1-5,9-10,12,14H,6-7H2,(H,13,15)/t9-,10+/m0/s1. The first-order valence-corrected chi connectivity index (χ1v) is 5.00. The minimum atomic E-state index is -0.624.